The maximum Gasteiger partial charge on any atom is 0.254 e. The largest absolute Gasteiger partial charge is 0.493 e. The number of aromatic nitrogens is 2. The van der Waals surface area contributed by atoms with Crippen molar-refractivity contribution in [1.82, 2.24) is 9.97 Å². The highest BCUT2D eigenvalue weighted by Crippen LogP contribution is 2.23. The lowest BCUT2D eigenvalue weighted by atomic mass is 10.0. The maximum absolute atomic E-state index is 11.3. The molecule has 0 radical (unpaired) electrons. The predicted molar refractivity (Wildman–Crippen MR) is 66.2 cm³/mol. The highest BCUT2D eigenvalue weighted by molar-refractivity contribution is 5.62. The Hall–Kier alpha value is -2.10. The van der Waals surface area contributed by atoms with Gasteiger partial charge in [-0.15, -0.1) is 0 Å². The molecule has 2 aromatic rings. The Bertz CT molecular complexity index is 630. The van der Waals surface area contributed by atoms with E-state index in [1.54, 1.807) is 0 Å². The Morgan fingerprint density at radius 2 is 1.71 bits per heavy atom. The quantitative estimate of drug-likeness (QED) is 0.788. The molecule has 0 saturated carbocycles. The zero-order valence-electron chi connectivity index (χ0n) is 10.0. The van der Waals surface area contributed by atoms with E-state index in [2.05, 4.69) is 9.97 Å². The third kappa shape index (κ3) is 2.20. The third-order valence-corrected chi connectivity index (χ3v) is 2.82. The molecule has 0 atom stereocenters. The van der Waals surface area contributed by atoms with Crippen LogP contribution in [0.15, 0.2) is 23.0 Å². The summed E-state index contributed by atoms with van der Waals surface area (Å²) in [6.07, 6.45) is 0. The summed E-state index contributed by atoms with van der Waals surface area (Å²) in [4.78, 5) is 17.9. The number of nitrogens with zero attached hydrogens (tertiary/aromatic N) is 1. The maximum atomic E-state index is 11.3. The molecular formula is C13H14N2O2. The molecule has 1 aromatic carbocycles. The van der Waals surface area contributed by atoms with E-state index >= 15 is 0 Å². The monoisotopic (exact) mass is 230 g/mol. The Labute approximate surface area is 99.0 Å². The van der Waals surface area contributed by atoms with E-state index < -0.39 is 0 Å². The molecule has 4 heteroatoms. The molecule has 0 aliphatic carbocycles. The van der Waals surface area contributed by atoms with Crippen molar-refractivity contribution in [2.45, 2.75) is 20.8 Å². The Morgan fingerprint density at radius 1 is 1.06 bits per heavy atom. The first-order chi connectivity index (χ1) is 7.97. The number of hydrogen-bond acceptors (Lipinski definition) is 3. The Balaban J connectivity index is 2.68. The molecular weight excluding hydrogens is 216 g/mol. The van der Waals surface area contributed by atoms with E-state index in [4.69, 9.17) is 0 Å². The van der Waals surface area contributed by atoms with Crippen molar-refractivity contribution in [2.75, 3.05) is 0 Å². The minimum Gasteiger partial charge on any atom is -0.493 e. The van der Waals surface area contributed by atoms with Crippen LogP contribution in [0.25, 0.3) is 11.4 Å². The second-order valence-corrected chi connectivity index (χ2v) is 4.20. The van der Waals surface area contributed by atoms with Crippen LogP contribution in [0.4, 0.5) is 0 Å². The molecule has 0 fully saturated rings. The number of benzene rings is 1. The lowest BCUT2D eigenvalue weighted by Gasteiger charge is -2.09. The van der Waals surface area contributed by atoms with Crippen LogP contribution < -0.4 is 5.56 Å². The fraction of sp³-hybridized carbons (Fsp3) is 0.231. The number of aromatic amines is 1. The first-order valence-electron chi connectivity index (χ1n) is 5.36. The van der Waals surface area contributed by atoms with Gasteiger partial charge < -0.3 is 10.1 Å². The molecule has 0 unspecified atom stereocenters. The van der Waals surface area contributed by atoms with Gasteiger partial charge in [-0.1, -0.05) is 6.07 Å². The van der Waals surface area contributed by atoms with Crippen LogP contribution in [-0.2, 0) is 0 Å². The smallest absolute Gasteiger partial charge is 0.254 e. The van der Waals surface area contributed by atoms with E-state index in [9.17, 15) is 9.90 Å². The number of nitrogens with one attached hydrogen (secondary N) is 1. The van der Waals surface area contributed by atoms with Crippen molar-refractivity contribution in [3.8, 4) is 17.3 Å². The molecule has 0 spiro atoms. The Kier molecular flexibility index (Phi) is 2.71. The summed E-state index contributed by atoms with van der Waals surface area (Å²) in [5, 5.41) is 9.34. The highest BCUT2D eigenvalue weighted by atomic mass is 16.3. The van der Waals surface area contributed by atoms with Crippen molar-refractivity contribution in [3.63, 3.8) is 0 Å². The third-order valence-electron chi connectivity index (χ3n) is 2.82. The van der Waals surface area contributed by atoms with Gasteiger partial charge in [0.25, 0.3) is 5.56 Å². The second kappa shape index (κ2) is 4.05. The van der Waals surface area contributed by atoms with Gasteiger partial charge in [-0.3, -0.25) is 4.79 Å². The number of rotatable bonds is 1. The predicted octanol–water partition coefficient (Wildman–Crippen LogP) is 2.07. The zero-order chi connectivity index (χ0) is 12.6. The fourth-order valence-corrected chi connectivity index (χ4v) is 1.79. The van der Waals surface area contributed by atoms with Gasteiger partial charge in [0, 0.05) is 5.56 Å². The molecule has 1 heterocycles. The van der Waals surface area contributed by atoms with Gasteiger partial charge in [-0.25, -0.2) is 0 Å². The van der Waals surface area contributed by atoms with Gasteiger partial charge in [0.15, 0.2) is 0 Å². The van der Waals surface area contributed by atoms with Crippen LogP contribution >= 0.6 is 0 Å². The minimum absolute atomic E-state index is 0.263. The van der Waals surface area contributed by atoms with E-state index in [0.717, 1.165) is 22.8 Å². The summed E-state index contributed by atoms with van der Waals surface area (Å²) in [6, 6.07) is 5.05. The van der Waals surface area contributed by atoms with Crippen LogP contribution in [-0.4, -0.2) is 15.1 Å². The van der Waals surface area contributed by atoms with E-state index in [1.807, 2.05) is 32.9 Å². The number of H-pyrrole nitrogens is 1. The van der Waals surface area contributed by atoms with Gasteiger partial charge in [-0.2, -0.15) is 4.98 Å². The summed E-state index contributed by atoms with van der Waals surface area (Å²) in [6.45, 7) is 5.98. The topological polar surface area (TPSA) is 66.0 Å². The van der Waals surface area contributed by atoms with Gasteiger partial charge in [-0.05, 0) is 43.5 Å². The van der Waals surface area contributed by atoms with Crippen LogP contribution in [0, 0.1) is 20.8 Å². The summed E-state index contributed by atoms with van der Waals surface area (Å²) in [5.41, 5.74) is 3.80. The molecule has 0 aliphatic heterocycles. The van der Waals surface area contributed by atoms with Crippen LogP contribution in [0.5, 0.6) is 5.88 Å². The molecule has 2 N–H and O–H groups in total. The number of aryl methyl sites for hydroxylation is 3. The van der Waals surface area contributed by atoms with Crippen molar-refractivity contribution >= 4 is 0 Å². The van der Waals surface area contributed by atoms with Crippen molar-refractivity contribution < 1.29 is 5.11 Å². The van der Waals surface area contributed by atoms with E-state index in [-0.39, 0.29) is 11.4 Å². The number of aromatic hydroxyl groups is 1. The summed E-state index contributed by atoms with van der Waals surface area (Å²) < 4.78 is 0. The average Bonchev–Trinajstić information content (AvgIpc) is 2.22. The first-order valence-corrected chi connectivity index (χ1v) is 5.36. The van der Waals surface area contributed by atoms with Crippen LogP contribution in [0.2, 0.25) is 0 Å². The van der Waals surface area contributed by atoms with Crippen molar-refractivity contribution in [1.29, 1.82) is 0 Å². The lowest BCUT2D eigenvalue weighted by Crippen LogP contribution is -2.07. The lowest BCUT2D eigenvalue weighted by molar-refractivity contribution is 0.452. The van der Waals surface area contributed by atoms with Crippen molar-refractivity contribution in [3.05, 3.63) is 45.2 Å². The summed E-state index contributed by atoms with van der Waals surface area (Å²) in [5.74, 6) is 0.136. The minimum atomic E-state index is -0.356. The van der Waals surface area contributed by atoms with Crippen LogP contribution in [0.1, 0.15) is 16.7 Å². The Morgan fingerprint density at radius 3 is 2.35 bits per heavy atom. The van der Waals surface area contributed by atoms with Gasteiger partial charge in [0.05, 0.1) is 6.07 Å². The standard InChI is InChI=1S/C13H14N2O2/c1-7-4-9(3)10(5-8(7)2)13-14-11(16)6-12(17)15-13/h4-6H,1-3H3,(H2,14,15,16,17). The molecule has 17 heavy (non-hydrogen) atoms. The summed E-state index contributed by atoms with van der Waals surface area (Å²) >= 11 is 0. The molecule has 0 saturated heterocycles. The molecule has 0 aliphatic rings. The SMILES string of the molecule is Cc1cc(C)c(-c2nc(O)cc(=O)[nH]2)cc1C. The van der Waals surface area contributed by atoms with Gasteiger partial charge in [0.1, 0.15) is 5.82 Å². The molecule has 1 aromatic heterocycles. The highest BCUT2D eigenvalue weighted by Gasteiger charge is 2.08. The van der Waals surface area contributed by atoms with Crippen molar-refractivity contribution in [2.24, 2.45) is 0 Å². The molecule has 88 valence electrons. The van der Waals surface area contributed by atoms with Gasteiger partial charge in [0.2, 0.25) is 5.88 Å². The van der Waals surface area contributed by atoms with Gasteiger partial charge >= 0.3 is 0 Å². The second-order valence-electron chi connectivity index (χ2n) is 4.20. The molecule has 4 nitrogen and oxygen atoms in total. The van der Waals surface area contributed by atoms with E-state index in [1.165, 1.54) is 5.56 Å². The molecule has 2 rings (SSSR count). The average molecular weight is 230 g/mol. The molecule has 0 amide bonds. The zero-order valence-corrected chi connectivity index (χ0v) is 10.0. The van der Waals surface area contributed by atoms with Crippen LogP contribution in [0.3, 0.4) is 0 Å². The molecule has 0 bridgehead atoms. The normalized spacial score (nSPS) is 10.5. The fourth-order valence-electron chi connectivity index (χ4n) is 1.79. The van der Waals surface area contributed by atoms with E-state index in [0.29, 0.717) is 5.82 Å². The number of hydrogen-bond donors (Lipinski definition) is 2. The summed E-state index contributed by atoms with van der Waals surface area (Å²) in [7, 11) is 0. The first kappa shape index (κ1) is 11.4.